The van der Waals surface area contributed by atoms with Crippen molar-refractivity contribution in [3.63, 3.8) is 0 Å². The molecule has 5 rings (SSSR count). The third-order valence-electron chi connectivity index (χ3n) is 6.43. The van der Waals surface area contributed by atoms with Crippen molar-refractivity contribution in [3.05, 3.63) is 81.9 Å². The number of hydrogen-bond acceptors (Lipinski definition) is 9. The standard InChI is InChI=1S/C28H28Cl2N6O5S/c1-16-12-23(31-10-11-34-42(39,40)18-7-8-18)26(27(35-16)36-22-5-3-2-4-19(22)28(37)38)33-15-25-32-14-24(41-25)20-13-17(29)6-9-21(20)30/h2-6,9,12-14,18,33-34H,7-8,10-11,15H2,1H3,(H,37,38)(H2,31,35,36). The van der Waals surface area contributed by atoms with Gasteiger partial charge in [0.15, 0.2) is 11.6 Å². The molecule has 220 valence electrons. The van der Waals surface area contributed by atoms with Crippen molar-refractivity contribution in [2.75, 3.05) is 29.0 Å². The predicted molar refractivity (Wildman–Crippen MR) is 163 cm³/mol. The first-order valence-corrected chi connectivity index (χ1v) is 15.4. The lowest BCUT2D eigenvalue weighted by Crippen LogP contribution is -2.31. The summed E-state index contributed by atoms with van der Waals surface area (Å²) in [7, 11) is -3.32. The van der Waals surface area contributed by atoms with Crippen molar-refractivity contribution in [1.29, 1.82) is 0 Å². The van der Waals surface area contributed by atoms with Crippen molar-refractivity contribution in [2.24, 2.45) is 0 Å². The SMILES string of the molecule is Cc1cc(NCCNS(=O)(=O)C2CC2)c(NCc2ncc(-c3cc(Cl)ccc3Cl)o2)c(Nc2ccccc2C(=O)O)n1. The highest BCUT2D eigenvalue weighted by molar-refractivity contribution is 7.90. The van der Waals surface area contributed by atoms with Crippen molar-refractivity contribution < 1.29 is 22.7 Å². The second-order valence-electron chi connectivity index (χ2n) is 9.67. The molecule has 42 heavy (non-hydrogen) atoms. The summed E-state index contributed by atoms with van der Waals surface area (Å²) in [4.78, 5) is 20.8. The maximum atomic E-state index is 12.2. The molecule has 0 spiro atoms. The Morgan fingerprint density at radius 1 is 1.07 bits per heavy atom. The van der Waals surface area contributed by atoms with Gasteiger partial charge in [-0.2, -0.15) is 0 Å². The fourth-order valence-electron chi connectivity index (χ4n) is 4.24. The topological polar surface area (TPSA) is 158 Å². The van der Waals surface area contributed by atoms with Gasteiger partial charge in [0.1, 0.15) is 5.69 Å². The van der Waals surface area contributed by atoms with Gasteiger partial charge in [-0.25, -0.2) is 27.9 Å². The Bertz CT molecular complexity index is 1730. The molecule has 2 aromatic carbocycles. The van der Waals surface area contributed by atoms with E-state index in [4.69, 9.17) is 27.6 Å². The molecule has 14 heteroatoms. The number of anilines is 4. The Morgan fingerprint density at radius 2 is 1.86 bits per heavy atom. The predicted octanol–water partition coefficient (Wildman–Crippen LogP) is 5.90. The van der Waals surface area contributed by atoms with Gasteiger partial charge >= 0.3 is 5.97 Å². The Kier molecular flexibility index (Phi) is 8.88. The van der Waals surface area contributed by atoms with Crippen LogP contribution in [0.3, 0.4) is 0 Å². The van der Waals surface area contributed by atoms with Gasteiger partial charge in [0, 0.05) is 29.4 Å². The summed E-state index contributed by atoms with van der Waals surface area (Å²) < 4.78 is 33.0. The first-order valence-electron chi connectivity index (χ1n) is 13.1. The second kappa shape index (κ2) is 12.6. The highest BCUT2D eigenvalue weighted by Gasteiger charge is 2.35. The lowest BCUT2D eigenvalue weighted by Gasteiger charge is -2.19. The summed E-state index contributed by atoms with van der Waals surface area (Å²) in [5.74, 6) is 0.0565. The van der Waals surface area contributed by atoms with Crippen LogP contribution < -0.4 is 20.7 Å². The Morgan fingerprint density at radius 3 is 2.62 bits per heavy atom. The fraction of sp³-hybridized carbons (Fsp3) is 0.250. The summed E-state index contributed by atoms with van der Waals surface area (Å²) in [6, 6.07) is 13.3. The van der Waals surface area contributed by atoms with E-state index >= 15 is 0 Å². The molecule has 0 aliphatic heterocycles. The quantitative estimate of drug-likeness (QED) is 0.113. The number of nitrogens with zero attached hydrogens (tertiary/aromatic N) is 2. The lowest BCUT2D eigenvalue weighted by molar-refractivity contribution is 0.0698. The number of hydrogen-bond donors (Lipinski definition) is 5. The summed E-state index contributed by atoms with van der Waals surface area (Å²) in [5.41, 5.74) is 2.80. The number of pyridine rings is 1. The Hall–Kier alpha value is -3.84. The van der Waals surface area contributed by atoms with E-state index in [9.17, 15) is 18.3 Å². The molecule has 0 radical (unpaired) electrons. The average molecular weight is 632 g/mol. The van der Waals surface area contributed by atoms with Crippen LogP contribution in [0.5, 0.6) is 0 Å². The number of para-hydroxylation sites is 1. The maximum absolute atomic E-state index is 12.2. The van der Waals surface area contributed by atoms with E-state index in [1.54, 1.807) is 55.6 Å². The van der Waals surface area contributed by atoms with Gasteiger partial charge in [0.2, 0.25) is 15.9 Å². The lowest BCUT2D eigenvalue weighted by atomic mass is 10.1. The van der Waals surface area contributed by atoms with Crippen molar-refractivity contribution in [3.8, 4) is 11.3 Å². The minimum atomic E-state index is -3.32. The van der Waals surface area contributed by atoms with Crippen LogP contribution in [0.2, 0.25) is 10.0 Å². The van der Waals surface area contributed by atoms with Crippen LogP contribution >= 0.6 is 23.2 Å². The Labute approximate surface area is 252 Å². The maximum Gasteiger partial charge on any atom is 0.337 e. The van der Waals surface area contributed by atoms with Crippen LogP contribution in [0.25, 0.3) is 11.3 Å². The zero-order chi connectivity index (χ0) is 29.9. The number of aromatic carboxylic acids is 1. The summed E-state index contributed by atoms with van der Waals surface area (Å²) in [6.45, 7) is 2.43. The minimum absolute atomic E-state index is 0.0755. The molecule has 1 aliphatic rings. The number of rotatable bonds is 13. The normalized spacial score (nSPS) is 13.1. The molecular weight excluding hydrogens is 603 g/mol. The number of aryl methyl sites for hydroxylation is 1. The summed E-state index contributed by atoms with van der Waals surface area (Å²) in [5, 5.41) is 20.0. The van der Waals surface area contributed by atoms with Crippen LogP contribution in [-0.2, 0) is 16.6 Å². The van der Waals surface area contributed by atoms with Gasteiger partial charge in [-0.15, -0.1) is 0 Å². The zero-order valence-corrected chi connectivity index (χ0v) is 24.8. The van der Waals surface area contributed by atoms with E-state index in [1.165, 1.54) is 6.07 Å². The molecule has 2 aromatic heterocycles. The highest BCUT2D eigenvalue weighted by atomic mass is 35.5. The van der Waals surface area contributed by atoms with Gasteiger partial charge in [-0.1, -0.05) is 35.3 Å². The van der Waals surface area contributed by atoms with E-state index in [0.717, 1.165) is 0 Å². The number of carbonyl (C=O) groups is 1. The molecule has 1 aliphatic carbocycles. The van der Waals surface area contributed by atoms with Gasteiger partial charge < -0.3 is 25.5 Å². The molecule has 0 atom stereocenters. The largest absolute Gasteiger partial charge is 0.478 e. The van der Waals surface area contributed by atoms with Crippen LogP contribution in [0.4, 0.5) is 22.9 Å². The van der Waals surface area contributed by atoms with Gasteiger partial charge in [0.05, 0.1) is 40.0 Å². The van der Waals surface area contributed by atoms with E-state index in [0.29, 0.717) is 75.2 Å². The number of carboxylic acids is 1. The van der Waals surface area contributed by atoms with E-state index in [-0.39, 0.29) is 23.9 Å². The number of carboxylic acid groups (broad SMARTS) is 1. The van der Waals surface area contributed by atoms with Crippen LogP contribution in [-0.4, -0.2) is 47.8 Å². The number of sulfonamides is 1. The number of oxazole rings is 1. The molecule has 0 unspecified atom stereocenters. The third kappa shape index (κ3) is 7.13. The van der Waals surface area contributed by atoms with Crippen LogP contribution in [0, 0.1) is 6.92 Å². The van der Waals surface area contributed by atoms with E-state index < -0.39 is 16.0 Å². The Balaban J connectivity index is 1.40. The number of halogens is 2. The number of aromatic nitrogens is 2. The smallest absolute Gasteiger partial charge is 0.337 e. The van der Waals surface area contributed by atoms with E-state index in [1.807, 2.05) is 0 Å². The molecule has 4 aromatic rings. The average Bonchev–Trinajstić information content (AvgIpc) is 3.72. The molecule has 1 fully saturated rings. The van der Waals surface area contributed by atoms with Gasteiger partial charge in [-0.05, 0) is 56.2 Å². The zero-order valence-electron chi connectivity index (χ0n) is 22.4. The molecule has 2 heterocycles. The van der Waals surface area contributed by atoms with Crippen LogP contribution in [0.15, 0.2) is 59.1 Å². The van der Waals surface area contributed by atoms with Crippen molar-refractivity contribution in [1.82, 2.24) is 14.7 Å². The summed E-state index contributed by atoms with van der Waals surface area (Å²) in [6.07, 6.45) is 2.91. The number of benzene rings is 2. The van der Waals surface area contributed by atoms with Crippen molar-refractivity contribution in [2.45, 2.75) is 31.6 Å². The molecule has 0 amide bonds. The molecule has 5 N–H and O–H groups in total. The molecule has 11 nitrogen and oxygen atoms in total. The monoisotopic (exact) mass is 630 g/mol. The molecule has 1 saturated carbocycles. The molecule has 0 saturated heterocycles. The summed E-state index contributed by atoms with van der Waals surface area (Å²) >= 11 is 12.4. The molecular formula is C28H28Cl2N6O5S. The molecule has 0 bridgehead atoms. The first kappa shape index (κ1) is 29.6. The minimum Gasteiger partial charge on any atom is -0.478 e. The van der Waals surface area contributed by atoms with Crippen LogP contribution in [0.1, 0.15) is 34.8 Å². The van der Waals surface area contributed by atoms with Gasteiger partial charge in [0.25, 0.3) is 0 Å². The highest BCUT2D eigenvalue weighted by Crippen LogP contribution is 2.35. The second-order valence-corrected chi connectivity index (χ2v) is 12.6. The van der Waals surface area contributed by atoms with Gasteiger partial charge in [-0.3, -0.25) is 0 Å². The first-order chi connectivity index (χ1) is 20.1. The third-order valence-corrected chi connectivity index (χ3v) is 8.95. The number of nitrogens with one attached hydrogen (secondary N) is 4. The van der Waals surface area contributed by atoms with Crippen molar-refractivity contribution >= 4 is 62.1 Å². The fourth-order valence-corrected chi connectivity index (χ4v) is 6.00. The van der Waals surface area contributed by atoms with E-state index in [2.05, 4.69) is 30.6 Å².